The van der Waals surface area contributed by atoms with Gasteiger partial charge in [-0.15, -0.1) is 0 Å². The molecule has 1 aromatic rings. The molecule has 1 unspecified atom stereocenters. The monoisotopic (exact) mass is 293 g/mol. The molecule has 0 amide bonds. The highest BCUT2D eigenvalue weighted by molar-refractivity contribution is 7.99. The van der Waals surface area contributed by atoms with E-state index in [0.29, 0.717) is 0 Å². The Labute approximate surface area is 110 Å². The van der Waals surface area contributed by atoms with Crippen molar-refractivity contribution in [3.8, 4) is 0 Å². The molecule has 0 saturated carbocycles. The van der Waals surface area contributed by atoms with Gasteiger partial charge in [-0.05, 0) is 13.2 Å². The number of carbonyl (C=O) groups is 1. The number of hydrogen-bond donors (Lipinski definition) is 2. The van der Waals surface area contributed by atoms with Gasteiger partial charge in [-0.25, -0.2) is 17.9 Å². The molecule has 0 bridgehead atoms. The van der Waals surface area contributed by atoms with Gasteiger partial charge in [-0.2, -0.15) is 11.8 Å². The zero-order valence-electron chi connectivity index (χ0n) is 10.3. The average Bonchev–Trinajstić information content (AvgIpc) is 2.69. The third-order valence-corrected chi connectivity index (χ3v) is 4.84. The Morgan fingerprint density at radius 2 is 2.22 bits per heavy atom. The van der Waals surface area contributed by atoms with Gasteiger partial charge in [-0.1, -0.05) is 6.92 Å². The number of rotatable bonds is 6. The zero-order chi connectivity index (χ0) is 13.9. The number of nitrogens with one attached hydrogen (secondary N) is 1. The topological polar surface area (TPSA) is 96.6 Å². The fourth-order valence-corrected chi connectivity index (χ4v) is 2.89. The quantitative estimate of drug-likeness (QED) is 0.821. The van der Waals surface area contributed by atoms with Gasteiger partial charge in [0, 0.05) is 17.9 Å². The second-order valence-corrected chi connectivity index (χ2v) is 6.75. The lowest BCUT2D eigenvalue weighted by atomic mass is 10.4. The molecule has 6 nitrogen and oxygen atoms in total. The largest absolute Gasteiger partial charge is 0.475 e. The van der Waals surface area contributed by atoms with E-state index in [-0.39, 0.29) is 28.2 Å². The van der Waals surface area contributed by atoms with E-state index in [4.69, 9.17) is 9.52 Å². The molecule has 0 aromatic carbocycles. The lowest BCUT2D eigenvalue weighted by Gasteiger charge is -2.09. The molecule has 0 spiro atoms. The van der Waals surface area contributed by atoms with E-state index in [1.165, 1.54) is 18.7 Å². The lowest BCUT2D eigenvalue weighted by molar-refractivity contribution is 0.0661. The van der Waals surface area contributed by atoms with E-state index >= 15 is 0 Å². The van der Waals surface area contributed by atoms with Gasteiger partial charge in [0.05, 0.1) is 0 Å². The summed E-state index contributed by atoms with van der Waals surface area (Å²) in [6.45, 7) is 3.58. The van der Waals surface area contributed by atoms with Gasteiger partial charge in [-0.3, -0.25) is 0 Å². The summed E-state index contributed by atoms with van der Waals surface area (Å²) >= 11 is 1.53. The summed E-state index contributed by atoms with van der Waals surface area (Å²) < 4.78 is 31.2. The third-order valence-electron chi connectivity index (χ3n) is 2.34. The Kier molecular flexibility index (Phi) is 4.83. The summed E-state index contributed by atoms with van der Waals surface area (Å²) in [6.07, 6.45) is 1.88. The minimum atomic E-state index is -3.73. The second-order valence-electron chi connectivity index (χ2n) is 3.73. The van der Waals surface area contributed by atoms with Crippen LogP contribution in [0.4, 0.5) is 0 Å². The number of hydrogen-bond acceptors (Lipinski definition) is 5. The van der Waals surface area contributed by atoms with Crippen LogP contribution in [0.3, 0.4) is 0 Å². The highest BCUT2D eigenvalue weighted by atomic mass is 32.2. The fraction of sp³-hybridized carbons (Fsp3) is 0.500. The molecule has 1 heterocycles. The number of carboxylic acids is 1. The molecule has 18 heavy (non-hydrogen) atoms. The predicted octanol–water partition coefficient (Wildman–Crippen LogP) is 1.32. The van der Waals surface area contributed by atoms with Crippen molar-refractivity contribution in [2.45, 2.75) is 24.0 Å². The third kappa shape index (κ3) is 3.50. The summed E-state index contributed by atoms with van der Waals surface area (Å²) in [5.74, 6) is -1.61. The molecule has 1 atom stereocenters. The maximum Gasteiger partial charge on any atom is 0.371 e. The van der Waals surface area contributed by atoms with Crippen LogP contribution in [-0.2, 0) is 10.0 Å². The Morgan fingerprint density at radius 1 is 1.61 bits per heavy atom. The van der Waals surface area contributed by atoms with Crippen LogP contribution < -0.4 is 4.72 Å². The van der Waals surface area contributed by atoms with Crippen molar-refractivity contribution in [1.29, 1.82) is 0 Å². The Hall–Kier alpha value is -0.990. The van der Waals surface area contributed by atoms with Gasteiger partial charge in [0.25, 0.3) is 0 Å². The van der Waals surface area contributed by atoms with Crippen LogP contribution in [0.25, 0.3) is 0 Å². The number of furan rings is 1. The summed E-state index contributed by atoms with van der Waals surface area (Å²) in [6, 6.07) is 1.02. The molecule has 8 heteroatoms. The fourth-order valence-electron chi connectivity index (χ4n) is 1.23. The number of aromatic carboxylic acids is 1. The normalized spacial score (nSPS) is 13.5. The van der Waals surface area contributed by atoms with Crippen LogP contribution in [0.5, 0.6) is 0 Å². The Balaban J connectivity index is 2.95. The molecular formula is C10H15NO5S2. The van der Waals surface area contributed by atoms with Gasteiger partial charge in [0.1, 0.15) is 10.7 Å². The van der Waals surface area contributed by atoms with Crippen molar-refractivity contribution in [1.82, 2.24) is 4.72 Å². The predicted molar refractivity (Wildman–Crippen MR) is 68.6 cm³/mol. The number of carboxylic acid groups (broad SMARTS) is 1. The van der Waals surface area contributed by atoms with Crippen LogP contribution in [0.1, 0.15) is 23.2 Å². The van der Waals surface area contributed by atoms with Crippen LogP contribution in [-0.4, -0.2) is 37.5 Å². The lowest BCUT2D eigenvalue weighted by Crippen LogP contribution is -2.29. The van der Waals surface area contributed by atoms with E-state index in [9.17, 15) is 13.2 Å². The maximum absolute atomic E-state index is 11.9. The van der Waals surface area contributed by atoms with E-state index in [0.717, 1.165) is 6.07 Å². The average molecular weight is 293 g/mol. The number of aryl methyl sites for hydroxylation is 1. The summed E-state index contributed by atoms with van der Waals surface area (Å²) in [7, 11) is -3.73. The molecule has 0 aliphatic rings. The van der Waals surface area contributed by atoms with Crippen LogP contribution >= 0.6 is 11.8 Å². The Morgan fingerprint density at radius 3 is 2.67 bits per heavy atom. The van der Waals surface area contributed by atoms with E-state index in [1.807, 2.05) is 13.2 Å². The number of thioether (sulfide) groups is 1. The number of sulfonamides is 1. The SMILES string of the molecule is CSC(C)CNS(=O)(=O)c1cc(C(=O)O)oc1C. The van der Waals surface area contributed by atoms with E-state index in [2.05, 4.69) is 4.72 Å². The molecule has 0 saturated heterocycles. The van der Waals surface area contributed by atoms with Gasteiger partial charge >= 0.3 is 5.97 Å². The van der Waals surface area contributed by atoms with Gasteiger partial charge < -0.3 is 9.52 Å². The van der Waals surface area contributed by atoms with Crippen molar-refractivity contribution < 1.29 is 22.7 Å². The van der Waals surface area contributed by atoms with E-state index in [1.54, 1.807) is 0 Å². The molecule has 102 valence electrons. The minimum absolute atomic E-state index is 0.0664. The second kappa shape index (κ2) is 5.77. The molecule has 0 aliphatic carbocycles. The summed E-state index contributed by atoms with van der Waals surface area (Å²) in [5, 5.41) is 8.86. The van der Waals surface area contributed by atoms with Gasteiger partial charge in [0.2, 0.25) is 15.8 Å². The standard InChI is InChI=1S/C10H15NO5S2/c1-6(17-3)5-11-18(14,15)9-4-8(10(12)13)16-7(9)2/h4,6,11H,5H2,1-3H3,(H,12,13). The highest BCUT2D eigenvalue weighted by Crippen LogP contribution is 2.20. The summed E-state index contributed by atoms with van der Waals surface area (Å²) in [5.41, 5.74) is 0. The maximum atomic E-state index is 11.9. The zero-order valence-corrected chi connectivity index (χ0v) is 11.9. The molecular weight excluding hydrogens is 278 g/mol. The first kappa shape index (κ1) is 15.1. The van der Waals surface area contributed by atoms with Crippen LogP contribution in [0, 0.1) is 6.92 Å². The van der Waals surface area contributed by atoms with Crippen LogP contribution in [0.15, 0.2) is 15.4 Å². The first-order valence-electron chi connectivity index (χ1n) is 5.14. The Bertz CT molecular complexity index is 534. The minimum Gasteiger partial charge on any atom is -0.475 e. The van der Waals surface area contributed by atoms with Crippen molar-refractivity contribution in [3.63, 3.8) is 0 Å². The molecule has 1 rings (SSSR count). The van der Waals surface area contributed by atoms with Crippen LogP contribution in [0.2, 0.25) is 0 Å². The summed E-state index contributed by atoms with van der Waals surface area (Å²) in [4.78, 5) is 10.6. The molecule has 0 fully saturated rings. The first-order valence-corrected chi connectivity index (χ1v) is 7.91. The highest BCUT2D eigenvalue weighted by Gasteiger charge is 2.23. The van der Waals surface area contributed by atoms with Crippen molar-refractivity contribution >= 4 is 27.8 Å². The van der Waals surface area contributed by atoms with Crippen molar-refractivity contribution in [2.24, 2.45) is 0 Å². The van der Waals surface area contributed by atoms with Gasteiger partial charge in [0.15, 0.2) is 0 Å². The molecule has 2 N–H and O–H groups in total. The van der Waals surface area contributed by atoms with Crippen molar-refractivity contribution in [2.75, 3.05) is 12.8 Å². The first-order chi connectivity index (χ1) is 8.27. The van der Waals surface area contributed by atoms with Crippen molar-refractivity contribution in [3.05, 3.63) is 17.6 Å². The molecule has 0 aliphatic heterocycles. The molecule has 1 aromatic heterocycles. The molecule has 0 radical (unpaired) electrons. The van der Waals surface area contributed by atoms with E-state index < -0.39 is 16.0 Å². The smallest absolute Gasteiger partial charge is 0.371 e.